The van der Waals surface area contributed by atoms with Gasteiger partial charge in [0.05, 0.1) is 13.2 Å². The Labute approximate surface area is 51.0 Å². The number of ether oxygens (including phenoxy) is 1. The fourth-order valence-corrected chi connectivity index (χ4v) is 0.552. The Morgan fingerprint density at radius 1 is 1.00 bits per heavy atom. The molecule has 48 valence electrons. The molecule has 0 radical (unpaired) electrons. The van der Waals surface area contributed by atoms with Gasteiger partial charge in [0.15, 0.2) is 0 Å². The molecule has 0 bridgehead atoms. The van der Waals surface area contributed by atoms with Crippen molar-refractivity contribution in [2.45, 2.75) is 20.3 Å². The Balaban J connectivity index is 0.0000000740. The van der Waals surface area contributed by atoms with Crippen molar-refractivity contribution in [3.8, 4) is 0 Å². The molecular weight excluding hydrogens is 100 g/mol. The van der Waals surface area contributed by atoms with Gasteiger partial charge in [-0.15, -0.1) is 0 Å². The molecular formula is C7H14O. The molecule has 3 fully saturated rings. The van der Waals surface area contributed by atoms with E-state index in [1.54, 1.807) is 12.8 Å². The summed E-state index contributed by atoms with van der Waals surface area (Å²) in [5.74, 6) is 2.50. The number of rotatable bonds is 0. The molecule has 0 aromatic heterocycles. The van der Waals surface area contributed by atoms with E-state index in [1.807, 2.05) is 0 Å². The highest BCUT2D eigenvalue weighted by molar-refractivity contribution is 5.02. The second kappa shape index (κ2) is 2.06. The standard InChI is InChI=1S/C4H6.C2H4O.CH4/c1-3-2-4(1)3;1-2-3-1;/h3-4H,1-2H2;1-2H2;1H4. The molecule has 1 nitrogen and oxygen atoms in total. The summed E-state index contributed by atoms with van der Waals surface area (Å²) in [7, 11) is 0. The van der Waals surface area contributed by atoms with Crippen LogP contribution in [0.1, 0.15) is 20.3 Å². The molecule has 0 atom stereocenters. The molecule has 1 heterocycles. The van der Waals surface area contributed by atoms with Crippen LogP contribution in [0.5, 0.6) is 0 Å². The van der Waals surface area contributed by atoms with E-state index in [1.165, 1.54) is 11.8 Å². The number of epoxide rings is 1. The van der Waals surface area contributed by atoms with Gasteiger partial charge in [-0.2, -0.15) is 0 Å². The second-order valence-corrected chi connectivity index (χ2v) is 2.60. The molecule has 1 saturated heterocycles. The van der Waals surface area contributed by atoms with Gasteiger partial charge in [-0.3, -0.25) is 0 Å². The summed E-state index contributed by atoms with van der Waals surface area (Å²) in [6.07, 6.45) is 3.17. The van der Waals surface area contributed by atoms with Crippen molar-refractivity contribution in [2.24, 2.45) is 11.8 Å². The lowest BCUT2D eigenvalue weighted by atomic mass is 10.5. The van der Waals surface area contributed by atoms with Crippen LogP contribution in [0, 0.1) is 11.8 Å². The summed E-state index contributed by atoms with van der Waals surface area (Å²) in [6, 6.07) is 0. The summed E-state index contributed by atoms with van der Waals surface area (Å²) < 4.78 is 4.50. The van der Waals surface area contributed by atoms with E-state index in [-0.39, 0.29) is 7.43 Å². The molecule has 8 heavy (non-hydrogen) atoms. The SMILES string of the molecule is C.C1C2CC12.C1CO1. The van der Waals surface area contributed by atoms with E-state index < -0.39 is 0 Å². The molecule has 0 aromatic rings. The zero-order valence-corrected chi connectivity index (χ0v) is 4.39. The van der Waals surface area contributed by atoms with Gasteiger partial charge >= 0.3 is 0 Å². The van der Waals surface area contributed by atoms with Gasteiger partial charge in [0.2, 0.25) is 0 Å². The smallest absolute Gasteiger partial charge is 0.0701 e. The molecule has 0 N–H and O–H groups in total. The molecule has 2 saturated carbocycles. The molecule has 1 aliphatic heterocycles. The third kappa shape index (κ3) is 1.83. The Morgan fingerprint density at radius 3 is 1.25 bits per heavy atom. The van der Waals surface area contributed by atoms with E-state index in [0.717, 1.165) is 13.2 Å². The maximum atomic E-state index is 4.50. The summed E-state index contributed by atoms with van der Waals surface area (Å²) >= 11 is 0. The van der Waals surface area contributed by atoms with Gasteiger partial charge in [-0.05, 0) is 24.7 Å². The lowest BCUT2D eigenvalue weighted by Gasteiger charge is -1.60. The van der Waals surface area contributed by atoms with Gasteiger partial charge < -0.3 is 4.74 Å². The van der Waals surface area contributed by atoms with Crippen LogP contribution < -0.4 is 0 Å². The quantitative estimate of drug-likeness (QED) is 0.436. The maximum absolute atomic E-state index is 4.50. The number of fused-ring (bicyclic) bond motifs is 1. The summed E-state index contributed by atoms with van der Waals surface area (Å²) in [5, 5.41) is 0. The van der Waals surface area contributed by atoms with E-state index in [0.29, 0.717) is 0 Å². The molecule has 0 spiro atoms. The minimum atomic E-state index is 0. The fraction of sp³-hybridized carbons (Fsp3) is 1.00. The predicted molar refractivity (Wildman–Crippen MR) is 33.8 cm³/mol. The topological polar surface area (TPSA) is 12.5 Å². The second-order valence-electron chi connectivity index (χ2n) is 2.60. The van der Waals surface area contributed by atoms with Crippen LogP contribution in [0.3, 0.4) is 0 Å². The van der Waals surface area contributed by atoms with Crippen molar-refractivity contribution < 1.29 is 4.74 Å². The number of hydrogen-bond acceptors (Lipinski definition) is 1. The van der Waals surface area contributed by atoms with Crippen molar-refractivity contribution >= 4 is 0 Å². The lowest BCUT2D eigenvalue weighted by Crippen LogP contribution is -1.47. The molecule has 3 aliphatic rings. The van der Waals surface area contributed by atoms with E-state index >= 15 is 0 Å². The van der Waals surface area contributed by atoms with Gasteiger partial charge in [-0.25, -0.2) is 0 Å². The zero-order chi connectivity index (χ0) is 4.69. The minimum Gasteiger partial charge on any atom is -0.377 e. The Bertz CT molecular complexity index is 63.7. The zero-order valence-electron chi connectivity index (χ0n) is 4.39. The fourth-order valence-electron chi connectivity index (χ4n) is 0.552. The largest absolute Gasteiger partial charge is 0.377 e. The highest BCUT2D eigenvalue weighted by Gasteiger charge is 2.52. The van der Waals surface area contributed by atoms with Crippen molar-refractivity contribution in [3.05, 3.63) is 0 Å². The summed E-state index contributed by atoms with van der Waals surface area (Å²) in [4.78, 5) is 0. The Kier molecular flexibility index (Phi) is 1.57. The highest BCUT2D eigenvalue weighted by Crippen LogP contribution is 2.62. The first-order valence-corrected chi connectivity index (χ1v) is 3.04. The summed E-state index contributed by atoms with van der Waals surface area (Å²) in [5.41, 5.74) is 0. The van der Waals surface area contributed by atoms with Crippen molar-refractivity contribution in [1.82, 2.24) is 0 Å². The van der Waals surface area contributed by atoms with Crippen LogP contribution in [-0.2, 0) is 4.74 Å². The molecule has 1 heteroatoms. The van der Waals surface area contributed by atoms with Crippen LogP contribution in [-0.4, -0.2) is 13.2 Å². The van der Waals surface area contributed by atoms with Gasteiger partial charge in [0.1, 0.15) is 0 Å². The van der Waals surface area contributed by atoms with Crippen LogP contribution >= 0.6 is 0 Å². The lowest BCUT2D eigenvalue weighted by molar-refractivity contribution is 0.475. The molecule has 2 aliphatic carbocycles. The van der Waals surface area contributed by atoms with Crippen LogP contribution in [0.4, 0.5) is 0 Å². The van der Waals surface area contributed by atoms with E-state index in [4.69, 9.17) is 0 Å². The number of hydrogen-bond donors (Lipinski definition) is 0. The van der Waals surface area contributed by atoms with Gasteiger partial charge in [-0.1, -0.05) is 7.43 Å². The monoisotopic (exact) mass is 114 g/mol. The van der Waals surface area contributed by atoms with E-state index in [2.05, 4.69) is 4.74 Å². The van der Waals surface area contributed by atoms with Crippen LogP contribution in [0.25, 0.3) is 0 Å². The normalized spacial score (nSPS) is 42.0. The minimum absolute atomic E-state index is 0. The molecule has 0 unspecified atom stereocenters. The third-order valence-electron chi connectivity index (χ3n) is 1.68. The first-order chi connectivity index (χ1) is 3.47. The van der Waals surface area contributed by atoms with E-state index in [9.17, 15) is 0 Å². The first-order valence-electron chi connectivity index (χ1n) is 3.04. The van der Waals surface area contributed by atoms with Gasteiger partial charge in [0.25, 0.3) is 0 Å². The Morgan fingerprint density at radius 2 is 1.25 bits per heavy atom. The maximum Gasteiger partial charge on any atom is 0.0701 e. The predicted octanol–water partition coefficient (Wildman–Crippen LogP) is 1.68. The molecule has 0 amide bonds. The van der Waals surface area contributed by atoms with Crippen molar-refractivity contribution in [2.75, 3.05) is 13.2 Å². The Hall–Kier alpha value is -0.0400. The first kappa shape index (κ1) is 6.09. The van der Waals surface area contributed by atoms with Crippen LogP contribution in [0.15, 0.2) is 0 Å². The highest BCUT2D eigenvalue weighted by atomic mass is 16.6. The van der Waals surface area contributed by atoms with Crippen molar-refractivity contribution in [3.63, 3.8) is 0 Å². The summed E-state index contributed by atoms with van der Waals surface area (Å²) in [6.45, 7) is 2.00. The van der Waals surface area contributed by atoms with Crippen molar-refractivity contribution in [1.29, 1.82) is 0 Å². The third-order valence-corrected chi connectivity index (χ3v) is 1.68. The molecule has 3 rings (SSSR count). The average Bonchev–Trinajstić information content (AvgIpc) is 2.24. The van der Waals surface area contributed by atoms with Crippen LogP contribution in [0.2, 0.25) is 0 Å². The molecule has 0 aromatic carbocycles. The average molecular weight is 114 g/mol. The van der Waals surface area contributed by atoms with Gasteiger partial charge in [0, 0.05) is 0 Å².